The molecule has 0 aliphatic heterocycles. The van der Waals surface area contributed by atoms with Crippen molar-refractivity contribution in [1.82, 2.24) is 25.9 Å². The molecule has 1 aromatic heterocycles. The number of aromatic amines is 1. The molecule has 13 nitrogen and oxygen atoms in total. The number of aliphatic hydroxyl groups is 2. The van der Waals surface area contributed by atoms with Gasteiger partial charge >= 0.3 is 5.97 Å². The van der Waals surface area contributed by atoms with E-state index in [1.54, 1.807) is 0 Å². The molecule has 168 valence electrons. The van der Waals surface area contributed by atoms with Crippen molar-refractivity contribution in [1.29, 1.82) is 0 Å². The van der Waals surface area contributed by atoms with E-state index in [4.69, 9.17) is 10.8 Å². The monoisotopic (exact) mass is 446 g/mol. The fourth-order valence-electron chi connectivity index (χ4n) is 2.24. The number of aliphatic carboxylic acids is 1. The normalized spacial score (nSPS) is 15.9. The highest BCUT2D eigenvalue weighted by Crippen LogP contribution is 2.02. The molecule has 1 rings (SSSR count). The standard InChI is InChI=1S/C16H26N6O7S/c1-7(24)12(17)15(27)20-9(2-8-3-18-6-19-8)13(25)21-10(4-23)14(26)22-11(5-30)16(28)29/h3,6-7,9-12,23-24,30H,2,4-5,17H2,1H3,(H,18,19)(H,20,27)(H,21,25)(H,22,26)(H,28,29). The van der Waals surface area contributed by atoms with Crippen molar-refractivity contribution < 1.29 is 34.5 Å². The summed E-state index contributed by atoms with van der Waals surface area (Å²) in [5, 5.41) is 34.7. The Morgan fingerprint density at radius 1 is 1.13 bits per heavy atom. The van der Waals surface area contributed by atoms with Crippen molar-refractivity contribution in [3.05, 3.63) is 18.2 Å². The van der Waals surface area contributed by atoms with Crippen LogP contribution in [-0.2, 0) is 25.6 Å². The SMILES string of the molecule is CC(O)C(N)C(=O)NC(Cc1cnc[nH]1)C(=O)NC(CO)C(=O)NC(CS)C(=O)O. The molecule has 0 bridgehead atoms. The van der Waals surface area contributed by atoms with Gasteiger partial charge in [-0.2, -0.15) is 12.6 Å². The maximum atomic E-state index is 12.7. The van der Waals surface area contributed by atoms with Gasteiger partial charge in [0.2, 0.25) is 17.7 Å². The lowest BCUT2D eigenvalue weighted by atomic mass is 10.1. The number of nitrogens with two attached hydrogens (primary N) is 1. The number of carbonyl (C=O) groups excluding carboxylic acids is 3. The van der Waals surface area contributed by atoms with Crippen molar-refractivity contribution in [2.24, 2.45) is 5.73 Å². The largest absolute Gasteiger partial charge is 0.480 e. The van der Waals surface area contributed by atoms with Gasteiger partial charge in [0.1, 0.15) is 24.2 Å². The van der Waals surface area contributed by atoms with Gasteiger partial charge < -0.3 is 42.0 Å². The molecule has 0 spiro atoms. The number of carboxylic acid groups (broad SMARTS) is 1. The van der Waals surface area contributed by atoms with E-state index >= 15 is 0 Å². The Hall–Kier alpha value is -2.68. The van der Waals surface area contributed by atoms with Gasteiger partial charge in [-0.25, -0.2) is 9.78 Å². The maximum absolute atomic E-state index is 12.7. The number of carbonyl (C=O) groups is 4. The minimum Gasteiger partial charge on any atom is -0.480 e. The van der Waals surface area contributed by atoms with Crippen molar-refractivity contribution in [2.45, 2.75) is 43.6 Å². The summed E-state index contributed by atoms with van der Waals surface area (Å²) in [6, 6.07) is -5.34. The topological polar surface area (TPSA) is 220 Å². The minimum absolute atomic E-state index is 0.0573. The van der Waals surface area contributed by atoms with Crippen LogP contribution in [0.15, 0.2) is 12.5 Å². The Kier molecular flexibility index (Phi) is 10.2. The first-order valence-corrected chi connectivity index (χ1v) is 9.50. The smallest absolute Gasteiger partial charge is 0.327 e. The van der Waals surface area contributed by atoms with Crippen LogP contribution < -0.4 is 21.7 Å². The molecular weight excluding hydrogens is 420 g/mol. The quantitative estimate of drug-likeness (QED) is 0.143. The molecule has 0 radical (unpaired) electrons. The molecule has 0 saturated carbocycles. The predicted molar refractivity (Wildman–Crippen MR) is 106 cm³/mol. The zero-order valence-electron chi connectivity index (χ0n) is 16.1. The molecule has 0 aromatic carbocycles. The number of hydrogen-bond donors (Lipinski definition) is 9. The molecule has 30 heavy (non-hydrogen) atoms. The molecule has 5 atom stereocenters. The van der Waals surface area contributed by atoms with Gasteiger partial charge in [-0.3, -0.25) is 14.4 Å². The molecule has 1 heterocycles. The molecule has 1 aromatic rings. The molecule has 0 aliphatic rings. The molecule has 0 saturated heterocycles. The van der Waals surface area contributed by atoms with E-state index in [1.165, 1.54) is 19.4 Å². The second-order valence-electron chi connectivity index (χ2n) is 6.43. The highest BCUT2D eigenvalue weighted by Gasteiger charge is 2.30. The number of hydrogen-bond acceptors (Lipinski definition) is 9. The third-order valence-electron chi connectivity index (χ3n) is 4.05. The van der Waals surface area contributed by atoms with Crippen LogP contribution in [0.1, 0.15) is 12.6 Å². The number of H-pyrrole nitrogens is 1. The van der Waals surface area contributed by atoms with Gasteiger partial charge in [-0.15, -0.1) is 0 Å². The summed E-state index contributed by atoms with van der Waals surface area (Å²) in [4.78, 5) is 54.6. The van der Waals surface area contributed by atoms with Crippen LogP contribution in [-0.4, -0.2) is 91.6 Å². The van der Waals surface area contributed by atoms with E-state index in [0.29, 0.717) is 5.69 Å². The molecule has 0 aliphatic carbocycles. The average molecular weight is 446 g/mol. The average Bonchev–Trinajstić information content (AvgIpc) is 3.21. The lowest BCUT2D eigenvalue weighted by Crippen LogP contribution is -2.59. The lowest BCUT2D eigenvalue weighted by molar-refractivity contribution is -0.142. The first-order chi connectivity index (χ1) is 14.1. The van der Waals surface area contributed by atoms with E-state index in [1.807, 2.05) is 0 Å². The Labute approximate surface area is 177 Å². The summed E-state index contributed by atoms with van der Waals surface area (Å²) in [6.45, 7) is 0.481. The Morgan fingerprint density at radius 2 is 1.70 bits per heavy atom. The summed E-state index contributed by atoms with van der Waals surface area (Å²) < 4.78 is 0. The first kappa shape index (κ1) is 25.4. The summed E-state index contributed by atoms with van der Waals surface area (Å²) in [6.07, 6.45) is 1.55. The molecule has 0 fully saturated rings. The van der Waals surface area contributed by atoms with Crippen LogP contribution in [0.2, 0.25) is 0 Å². The summed E-state index contributed by atoms with van der Waals surface area (Å²) in [5.41, 5.74) is 6.05. The molecule has 9 N–H and O–H groups in total. The van der Waals surface area contributed by atoms with Crippen LogP contribution in [0.5, 0.6) is 0 Å². The van der Waals surface area contributed by atoms with Crippen LogP contribution in [0.25, 0.3) is 0 Å². The fraction of sp³-hybridized carbons (Fsp3) is 0.562. The van der Waals surface area contributed by atoms with Gasteiger partial charge in [-0.05, 0) is 6.92 Å². The lowest BCUT2D eigenvalue weighted by Gasteiger charge is -2.24. The second kappa shape index (κ2) is 12.1. The number of nitrogens with zero attached hydrogens (tertiary/aromatic N) is 1. The van der Waals surface area contributed by atoms with Crippen molar-refractivity contribution in [3.63, 3.8) is 0 Å². The molecular formula is C16H26N6O7S. The molecule has 5 unspecified atom stereocenters. The number of imidazole rings is 1. The number of amides is 3. The van der Waals surface area contributed by atoms with Crippen molar-refractivity contribution in [3.8, 4) is 0 Å². The van der Waals surface area contributed by atoms with Crippen LogP contribution in [0.3, 0.4) is 0 Å². The summed E-state index contributed by atoms with van der Waals surface area (Å²) in [5.74, 6) is -4.14. The number of aromatic nitrogens is 2. The molecule has 3 amide bonds. The van der Waals surface area contributed by atoms with Crippen LogP contribution in [0.4, 0.5) is 0 Å². The Bertz CT molecular complexity index is 730. The van der Waals surface area contributed by atoms with Gasteiger partial charge in [0.15, 0.2) is 0 Å². The highest BCUT2D eigenvalue weighted by molar-refractivity contribution is 7.80. The van der Waals surface area contributed by atoms with Crippen molar-refractivity contribution in [2.75, 3.05) is 12.4 Å². The molecule has 14 heteroatoms. The van der Waals surface area contributed by atoms with Crippen LogP contribution in [0, 0.1) is 0 Å². The predicted octanol–water partition coefficient (Wildman–Crippen LogP) is -3.88. The van der Waals surface area contributed by atoms with Gasteiger partial charge in [0, 0.05) is 24.1 Å². The zero-order valence-corrected chi connectivity index (χ0v) is 17.0. The summed E-state index contributed by atoms with van der Waals surface area (Å²) in [7, 11) is 0. The van der Waals surface area contributed by atoms with E-state index in [-0.39, 0.29) is 12.2 Å². The first-order valence-electron chi connectivity index (χ1n) is 8.87. The third-order valence-corrected chi connectivity index (χ3v) is 4.41. The Balaban J connectivity index is 2.91. The second-order valence-corrected chi connectivity index (χ2v) is 6.80. The minimum atomic E-state index is -1.48. The van der Waals surface area contributed by atoms with E-state index < -0.39 is 60.6 Å². The summed E-state index contributed by atoms with van der Waals surface area (Å²) >= 11 is 3.82. The third kappa shape index (κ3) is 7.62. The van der Waals surface area contributed by atoms with Gasteiger partial charge in [0.25, 0.3) is 0 Å². The maximum Gasteiger partial charge on any atom is 0.327 e. The fourth-order valence-corrected chi connectivity index (χ4v) is 2.48. The number of carboxylic acids is 1. The van der Waals surface area contributed by atoms with Crippen molar-refractivity contribution >= 4 is 36.3 Å². The number of rotatable bonds is 12. The number of nitrogens with one attached hydrogen (secondary N) is 4. The zero-order chi connectivity index (χ0) is 22.8. The van der Waals surface area contributed by atoms with Crippen LogP contribution >= 0.6 is 12.6 Å². The number of aliphatic hydroxyl groups excluding tert-OH is 2. The van der Waals surface area contributed by atoms with Gasteiger partial charge in [-0.1, -0.05) is 0 Å². The highest BCUT2D eigenvalue weighted by atomic mass is 32.1. The Morgan fingerprint density at radius 3 is 2.17 bits per heavy atom. The van der Waals surface area contributed by atoms with E-state index in [2.05, 4.69) is 38.5 Å². The van der Waals surface area contributed by atoms with E-state index in [0.717, 1.165) is 0 Å². The van der Waals surface area contributed by atoms with Gasteiger partial charge in [0.05, 0.1) is 19.0 Å². The number of thiol groups is 1. The van der Waals surface area contributed by atoms with E-state index in [9.17, 15) is 29.4 Å².